The van der Waals surface area contributed by atoms with Crippen LogP contribution in [-0.4, -0.2) is 20.4 Å². The van der Waals surface area contributed by atoms with Gasteiger partial charge in [-0.05, 0) is 19.1 Å². The summed E-state index contributed by atoms with van der Waals surface area (Å²) < 4.78 is 0. The molecule has 0 aromatic carbocycles. The number of anilines is 2. The number of nitrogens with two attached hydrogens (primary N) is 1. The van der Waals surface area contributed by atoms with Crippen molar-refractivity contribution < 1.29 is 0 Å². The van der Waals surface area contributed by atoms with Gasteiger partial charge in [-0.15, -0.1) is 10.2 Å². The molecule has 0 amide bonds. The third-order valence-corrected chi connectivity index (χ3v) is 2.07. The van der Waals surface area contributed by atoms with Gasteiger partial charge >= 0.3 is 0 Å². The van der Waals surface area contributed by atoms with E-state index in [0.29, 0.717) is 11.6 Å². The van der Waals surface area contributed by atoms with E-state index in [2.05, 4.69) is 25.7 Å². The fourth-order valence-electron chi connectivity index (χ4n) is 1.22. The molecule has 0 bridgehead atoms. The van der Waals surface area contributed by atoms with Gasteiger partial charge in [0.15, 0.2) is 0 Å². The second kappa shape index (κ2) is 3.95. The van der Waals surface area contributed by atoms with Crippen LogP contribution in [0.3, 0.4) is 0 Å². The summed E-state index contributed by atoms with van der Waals surface area (Å²) in [5, 5.41) is 17.5. The van der Waals surface area contributed by atoms with Crippen LogP contribution in [0, 0.1) is 0 Å². The first kappa shape index (κ1) is 9.45. The van der Waals surface area contributed by atoms with E-state index in [4.69, 9.17) is 5.73 Å². The molecule has 1 atom stereocenters. The second-order valence-corrected chi connectivity index (χ2v) is 3.24. The van der Waals surface area contributed by atoms with E-state index in [1.165, 1.54) is 0 Å². The van der Waals surface area contributed by atoms with Gasteiger partial charge in [0, 0.05) is 11.8 Å². The Hall–Kier alpha value is -2.11. The van der Waals surface area contributed by atoms with E-state index >= 15 is 0 Å². The van der Waals surface area contributed by atoms with Crippen LogP contribution in [0.1, 0.15) is 18.5 Å². The van der Waals surface area contributed by atoms with Crippen molar-refractivity contribution >= 4 is 11.6 Å². The fourth-order valence-corrected chi connectivity index (χ4v) is 1.22. The van der Waals surface area contributed by atoms with Crippen molar-refractivity contribution in [1.82, 2.24) is 20.4 Å². The monoisotopic (exact) mass is 204 g/mol. The Kier molecular flexibility index (Phi) is 2.49. The topological polar surface area (TPSA) is 92.5 Å². The predicted molar refractivity (Wildman–Crippen MR) is 57.1 cm³/mol. The zero-order valence-electron chi connectivity index (χ0n) is 8.31. The Morgan fingerprint density at radius 3 is 2.87 bits per heavy atom. The highest BCUT2D eigenvalue weighted by Crippen LogP contribution is 2.15. The number of nitrogen functional groups attached to an aromatic ring is 1. The summed E-state index contributed by atoms with van der Waals surface area (Å²) in [5.41, 5.74) is 6.50. The van der Waals surface area contributed by atoms with Crippen molar-refractivity contribution in [1.29, 1.82) is 0 Å². The molecule has 0 aliphatic rings. The first-order chi connectivity index (χ1) is 7.25. The maximum Gasteiger partial charge on any atom is 0.149 e. The first-order valence-electron chi connectivity index (χ1n) is 4.60. The molecule has 0 saturated heterocycles. The normalized spacial score (nSPS) is 12.3. The molecular weight excluding hydrogens is 192 g/mol. The molecule has 1 unspecified atom stereocenters. The minimum Gasteiger partial charge on any atom is -0.382 e. The molecule has 6 heteroatoms. The zero-order valence-corrected chi connectivity index (χ0v) is 8.31. The number of rotatable bonds is 3. The van der Waals surface area contributed by atoms with E-state index < -0.39 is 0 Å². The van der Waals surface area contributed by atoms with Crippen molar-refractivity contribution in [2.75, 3.05) is 11.1 Å². The van der Waals surface area contributed by atoms with Gasteiger partial charge in [0.25, 0.3) is 0 Å². The minimum atomic E-state index is 0.127. The zero-order chi connectivity index (χ0) is 10.7. The lowest BCUT2D eigenvalue weighted by Crippen LogP contribution is -2.08. The third-order valence-electron chi connectivity index (χ3n) is 2.07. The molecule has 0 fully saturated rings. The molecule has 2 aromatic rings. The van der Waals surface area contributed by atoms with Crippen LogP contribution in [0.5, 0.6) is 0 Å². The molecule has 0 spiro atoms. The second-order valence-electron chi connectivity index (χ2n) is 3.24. The van der Waals surface area contributed by atoms with E-state index in [1.54, 1.807) is 18.3 Å². The van der Waals surface area contributed by atoms with Gasteiger partial charge in [-0.2, -0.15) is 5.10 Å². The fraction of sp³-hybridized carbons (Fsp3) is 0.222. The van der Waals surface area contributed by atoms with E-state index in [0.717, 1.165) is 5.56 Å². The van der Waals surface area contributed by atoms with Crippen LogP contribution in [-0.2, 0) is 0 Å². The summed E-state index contributed by atoms with van der Waals surface area (Å²) in [7, 11) is 0. The lowest BCUT2D eigenvalue weighted by Gasteiger charge is -2.11. The highest BCUT2D eigenvalue weighted by atomic mass is 15.2. The van der Waals surface area contributed by atoms with Gasteiger partial charge in [0.2, 0.25) is 0 Å². The van der Waals surface area contributed by atoms with E-state index in [-0.39, 0.29) is 6.04 Å². The molecule has 0 saturated carbocycles. The van der Waals surface area contributed by atoms with Crippen molar-refractivity contribution in [3.05, 3.63) is 30.1 Å². The van der Waals surface area contributed by atoms with Gasteiger partial charge < -0.3 is 11.1 Å². The molecular formula is C9H12N6. The number of aromatic amines is 1. The highest BCUT2D eigenvalue weighted by molar-refractivity contribution is 5.40. The summed E-state index contributed by atoms with van der Waals surface area (Å²) in [5.74, 6) is 1.11. The number of nitrogens with zero attached hydrogens (tertiary/aromatic N) is 3. The van der Waals surface area contributed by atoms with Crippen LogP contribution >= 0.6 is 0 Å². The van der Waals surface area contributed by atoms with Gasteiger partial charge in [0.1, 0.15) is 11.6 Å². The highest BCUT2D eigenvalue weighted by Gasteiger charge is 2.06. The van der Waals surface area contributed by atoms with Crippen LogP contribution in [0.15, 0.2) is 24.5 Å². The van der Waals surface area contributed by atoms with Crippen LogP contribution in [0.2, 0.25) is 0 Å². The predicted octanol–water partition coefficient (Wildman–Crippen LogP) is 0.955. The van der Waals surface area contributed by atoms with Crippen LogP contribution in [0.25, 0.3) is 0 Å². The third kappa shape index (κ3) is 2.22. The molecule has 15 heavy (non-hydrogen) atoms. The quantitative estimate of drug-likeness (QED) is 0.692. The van der Waals surface area contributed by atoms with Gasteiger partial charge in [-0.1, -0.05) is 0 Å². The van der Waals surface area contributed by atoms with Crippen LogP contribution < -0.4 is 11.1 Å². The maximum atomic E-state index is 5.44. The minimum absolute atomic E-state index is 0.127. The Bertz CT molecular complexity index is 407. The SMILES string of the molecule is CC(Nc1ccc(N)nn1)c1cn[nH]c1. The average Bonchev–Trinajstić information content (AvgIpc) is 2.74. The average molecular weight is 204 g/mol. The largest absolute Gasteiger partial charge is 0.382 e. The first-order valence-corrected chi connectivity index (χ1v) is 4.60. The van der Waals surface area contributed by atoms with E-state index in [1.807, 2.05) is 13.1 Å². The van der Waals surface area contributed by atoms with E-state index in [9.17, 15) is 0 Å². The number of hydrogen-bond acceptors (Lipinski definition) is 5. The molecule has 6 nitrogen and oxygen atoms in total. The summed E-state index contributed by atoms with van der Waals surface area (Å²) in [4.78, 5) is 0. The summed E-state index contributed by atoms with van der Waals surface area (Å²) in [6.07, 6.45) is 3.60. The standard InChI is InChI=1S/C9H12N6/c1-6(7-4-11-12-5-7)13-9-3-2-8(10)14-15-9/h2-6H,1H3,(H2,10,14)(H,11,12)(H,13,15). The van der Waals surface area contributed by atoms with Gasteiger partial charge in [0.05, 0.1) is 12.2 Å². The molecule has 0 aliphatic carbocycles. The van der Waals surface area contributed by atoms with Crippen molar-refractivity contribution in [3.63, 3.8) is 0 Å². The number of H-pyrrole nitrogens is 1. The molecule has 78 valence electrons. The summed E-state index contributed by atoms with van der Waals surface area (Å²) in [6.45, 7) is 2.02. The van der Waals surface area contributed by atoms with Crippen molar-refractivity contribution in [2.45, 2.75) is 13.0 Å². The van der Waals surface area contributed by atoms with Crippen molar-refractivity contribution in [2.24, 2.45) is 0 Å². The number of hydrogen-bond donors (Lipinski definition) is 3. The van der Waals surface area contributed by atoms with Crippen LogP contribution in [0.4, 0.5) is 11.6 Å². The smallest absolute Gasteiger partial charge is 0.149 e. The summed E-state index contributed by atoms with van der Waals surface area (Å²) >= 11 is 0. The Morgan fingerprint density at radius 2 is 2.27 bits per heavy atom. The Morgan fingerprint density at radius 1 is 1.40 bits per heavy atom. The molecule has 0 radical (unpaired) electrons. The number of aromatic nitrogens is 4. The van der Waals surface area contributed by atoms with Gasteiger partial charge in [-0.25, -0.2) is 0 Å². The molecule has 4 N–H and O–H groups in total. The maximum absolute atomic E-state index is 5.44. The molecule has 2 heterocycles. The Balaban J connectivity index is 2.06. The molecule has 0 aliphatic heterocycles. The number of nitrogens with one attached hydrogen (secondary N) is 2. The summed E-state index contributed by atoms with van der Waals surface area (Å²) in [6, 6.07) is 3.62. The lowest BCUT2D eigenvalue weighted by molar-refractivity contribution is 0.863. The Labute approximate surface area is 86.9 Å². The van der Waals surface area contributed by atoms with Gasteiger partial charge in [-0.3, -0.25) is 5.10 Å². The lowest BCUT2D eigenvalue weighted by atomic mass is 10.2. The van der Waals surface area contributed by atoms with Crippen molar-refractivity contribution in [3.8, 4) is 0 Å². The molecule has 2 aromatic heterocycles. The molecule has 2 rings (SSSR count).